The summed E-state index contributed by atoms with van der Waals surface area (Å²) in [7, 11) is 0. The molecule has 2 amide bonds. The molecular weight excluding hydrogens is 312 g/mol. The molecule has 0 radical (unpaired) electrons. The minimum absolute atomic E-state index is 0.367. The number of amides is 2. The van der Waals surface area contributed by atoms with E-state index in [1.165, 1.54) is 18.3 Å². The van der Waals surface area contributed by atoms with E-state index >= 15 is 0 Å². The summed E-state index contributed by atoms with van der Waals surface area (Å²) in [6.07, 6.45) is 1.24. The van der Waals surface area contributed by atoms with Gasteiger partial charge >= 0.3 is 11.7 Å². The van der Waals surface area contributed by atoms with Gasteiger partial charge in [-0.3, -0.25) is 10.1 Å². The molecule has 2 aromatic carbocycles. The third-order valence-corrected chi connectivity index (χ3v) is 3.21. The second-order valence-corrected chi connectivity index (χ2v) is 5.15. The van der Waals surface area contributed by atoms with Gasteiger partial charge in [0.2, 0.25) is 0 Å². The molecule has 0 aliphatic heterocycles. The van der Waals surface area contributed by atoms with E-state index in [0.29, 0.717) is 11.3 Å². The van der Waals surface area contributed by atoms with Gasteiger partial charge in [0.15, 0.2) is 5.75 Å². The second-order valence-electron chi connectivity index (χ2n) is 5.15. The number of aryl methyl sites for hydroxylation is 2. The number of carbonyl (C=O) groups excluding carboxylic acids is 1. The van der Waals surface area contributed by atoms with E-state index in [4.69, 9.17) is 0 Å². The predicted molar refractivity (Wildman–Crippen MR) is 90.4 cm³/mol. The standard InChI is InChI=1S/C16H16N4O4/c1-10-3-5-13(11(2)7-10)18-16(22)19-17-9-12-4-6-15(21)14(8-12)20(23)24/h3-9,21H,1-2H3,(H2,18,19,22)/b17-9+. The van der Waals surface area contributed by atoms with E-state index in [9.17, 15) is 20.0 Å². The molecule has 0 bridgehead atoms. The number of rotatable bonds is 4. The first-order valence-corrected chi connectivity index (χ1v) is 7.01. The van der Waals surface area contributed by atoms with Gasteiger partial charge in [-0.05, 0) is 37.6 Å². The van der Waals surface area contributed by atoms with Crippen LogP contribution in [0.4, 0.5) is 16.2 Å². The molecule has 24 heavy (non-hydrogen) atoms. The smallest absolute Gasteiger partial charge is 0.339 e. The maximum atomic E-state index is 11.8. The van der Waals surface area contributed by atoms with Crippen LogP contribution in [-0.4, -0.2) is 22.3 Å². The van der Waals surface area contributed by atoms with Crippen molar-refractivity contribution in [1.29, 1.82) is 0 Å². The first-order chi connectivity index (χ1) is 11.4. The van der Waals surface area contributed by atoms with Crippen molar-refractivity contribution < 1.29 is 14.8 Å². The fourth-order valence-corrected chi connectivity index (χ4v) is 2.04. The summed E-state index contributed by atoms with van der Waals surface area (Å²) in [4.78, 5) is 21.8. The van der Waals surface area contributed by atoms with Gasteiger partial charge in [-0.1, -0.05) is 17.7 Å². The number of phenolic OH excluding ortho intramolecular Hbond substituents is 1. The van der Waals surface area contributed by atoms with E-state index in [-0.39, 0.29) is 0 Å². The van der Waals surface area contributed by atoms with Crippen LogP contribution in [0.2, 0.25) is 0 Å². The van der Waals surface area contributed by atoms with E-state index < -0.39 is 22.4 Å². The molecule has 0 spiro atoms. The van der Waals surface area contributed by atoms with Crippen LogP contribution in [0.3, 0.4) is 0 Å². The largest absolute Gasteiger partial charge is 0.502 e. The van der Waals surface area contributed by atoms with E-state index in [1.54, 1.807) is 6.07 Å². The number of benzene rings is 2. The number of hydrazone groups is 1. The maximum Gasteiger partial charge on any atom is 0.339 e. The normalized spacial score (nSPS) is 10.6. The Hall–Kier alpha value is -3.42. The molecule has 0 aliphatic rings. The average molecular weight is 328 g/mol. The predicted octanol–water partition coefficient (Wildman–Crippen LogP) is 3.07. The molecule has 0 aromatic heterocycles. The lowest BCUT2D eigenvalue weighted by atomic mass is 10.1. The molecule has 0 atom stereocenters. The van der Waals surface area contributed by atoms with Gasteiger partial charge in [-0.15, -0.1) is 0 Å². The lowest BCUT2D eigenvalue weighted by Gasteiger charge is -2.08. The molecule has 0 aliphatic carbocycles. The van der Waals surface area contributed by atoms with Gasteiger partial charge in [0, 0.05) is 17.3 Å². The fourth-order valence-electron chi connectivity index (χ4n) is 2.04. The van der Waals surface area contributed by atoms with Crippen molar-refractivity contribution in [2.24, 2.45) is 5.10 Å². The molecular formula is C16H16N4O4. The average Bonchev–Trinajstić information content (AvgIpc) is 2.51. The van der Waals surface area contributed by atoms with Crippen LogP contribution in [-0.2, 0) is 0 Å². The summed E-state index contributed by atoms with van der Waals surface area (Å²) < 4.78 is 0. The third-order valence-electron chi connectivity index (χ3n) is 3.21. The zero-order valence-electron chi connectivity index (χ0n) is 13.1. The summed E-state index contributed by atoms with van der Waals surface area (Å²) in [6, 6.07) is 8.85. The molecule has 2 aromatic rings. The van der Waals surface area contributed by atoms with Crippen molar-refractivity contribution in [3.05, 3.63) is 63.2 Å². The number of nitro groups is 1. The van der Waals surface area contributed by atoms with Crippen LogP contribution < -0.4 is 10.7 Å². The van der Waals surface area contributed by atoms with Gasteiger partial charge < -0.3 is 10.4 Å². The Morgan fingerprint density at radius 1 is 1.25 bits per heavy atom. The van der Waals surface area contributed by atoms with Gasteiger partial charge in [0.1, 0.15) is 0 Å². The Labute approximate surface area is 138 Å². The first kappa shape index (κ1) is 16.9. The highest BCUT2D eigenvalue weighted by molar-refractivity contribution is 5.91. The Kier molecular flexibility index (Phi) is 5.10. The lowest BCUT2D eigenvalue weighted by molar-refractivity contribution is -0.385. The molecule has 0 unspecified atom stereocenters. The molecule has 8 heteroatoms. The highest BCUT2D eigenvalue weighted by Crippen LogP contribution is 2.25. The Morgan fingerprint density at radius 2 is 2.00 bits per heavy atom. The molecule has 3 N–H and O–H groups in total. The van der Waals surface area contributed by atoms with Crippen LogP contribution in [0.15, 0.2) is 41.5 Å². The van der Waals surface area contributed by atoms with Crippen LogP contribution in [0.25, 0.3) is 0 Å². The Balaban J connectivity index is 2.00. The van der Waals surface area contributed by atoms with Crippen LogP contribution in [0.5, 0.6) is 5.75 Å². The minimum atomic E-state index is -0.701. The van der Waals surface area contributed by atoms with Crippen molar-refractivity contribution in [3.8, 4) is 5.75 Å². The van der Waals surface area contributed by atoms with Crippen LogP contribution >= 0.6 is 0 Å². The SMILES string of the molecule is Cc1ccc(NC(=O)N/N=C/c2ccc(O)c([N+](=O)[O-])c2)c(C)c1. The maximum absolute atomic E-state index is 11.8. The summed E-state index contributed by atoms with van der Waals surface area (Å²) in [5.41, 5.74) is 4.88. The van der Waals surface area contributed by atoms with Crippen molar-refractivity contribution in [2.75, 3.05) is 5.32 Å². The van der Waals surface area contributed by atoms with Crippen molar-refractivity contribution >= 4 is 23.6 Å². The number of anilines is 1. The highest BCUT2D eigenvalue weighted by Gasteiger charge is 2.12. The minimum Gasteiger partial charge on any atom is -0.502 e. The Bertz CT molecular complexity index is 818. The first-order valence-electron chi connectivity index (χ1n) is 7.01. The number of hydrogen-bond donors (Lipinski definition) is 3. The summed E-state index contributed by atoms with van der Waals surface area (Å²) in [5.74, 6) is -0.433. The van der Waals surface area contributed by atoms with E-state index in [2.05, 4.69) is 15.8 Å². The van der Waals surface area contributed by atoms with Gasteiger partial charge in [-0.2, -0.15) is 5.10 Å². The van der Waals surface area contributed by atoms with Gasteiger partial charge in [0.05, 0.1) is 11.1 Å². The monoisotopic (exact) mass is 328 g/mol. The zero-order chi connectivity index (χ0) is 17.7. The molecule has 8 nitrogen and oxygen atoms in total. The molecule has 0 saturated heterocycles. The fraction of sp³-hybridized carbons (Fsp3) is 0.125. The summed E-state index contributed by atoms with van der Waals surface area (Å²) in [5, 5.41) is 26.5. The van der Waals surface area contributed by atoms with Crippen LogP contribution in [0, 0.1) is 24.0 Å². The van der Waals surface area contributed by atoms with E-state index in [1.807, 2.05) is 26.0 Å². The van der Waals surface area contributed by atoms with Gasteiger partial charge in [-0.25, -0.2) is 10.2 Å². The van der Waals surface area contributed by atoms with Crippen molar-refractivity contribution in [1.82, 2.24) is 5.43 Å². The number of nitrogens with one attached hydrogen (secondary N) is 2. The molecule has 0 fully saturated rings. The molecule has 124 valence electrons. The number of hydrogen-bond acceptors (Lipinski definition) is 5. The third kappa shape index (κ3) is 4.29. The summed E-state index contributed by atoms with van der Waals surface area (Å²) >= 11 is 0. The molecule has 0 saturated carbocycles. The highest BCUT2D eigenvalue weighted by atomic mass is 16.6. The number of phenols is 1. The number of carbonyl (C=O) groups is 1. The van der Waals surface area contributed by atoms with Gasteiger partial charge in [0.25, 0.3) is 0 Å². The zero-order valence-corrected chi connectivity index (χ0v) is 13.1. The van der Waals surface area contributed by atoms with Crippen molar-refractivity contribution in [2.45, 2.75) is 13.8 Å². The number of nitro benzene ring substituents is 1. The number of urea groups is 1. The Morgan fingerprint density at radius 3 is 2.67 bits per heavy atom. The van der Waals surface area contributed by atoms with E-state index in [0.717, 1.165) is 17.2 Å². The topological polar surface area (TPSA) is 117 Å². The lowest BCUT2D eigenvalue weighted by Crippen LogP contribution is -2.24. The van der Waals surface area contributed by atoms with Crippen molar-refractivity contribution in [3.63, 3.8) is 0 Å². The summed E-state index contributed by atoms with van der Waals surface area (Å²) in [6.45, 7) is 3.83. The molecule has 0 heterocycles. The number of aromatic hydroxyl groups is 1. The number of nitrogens with zero attached hydrogens (tertiary/aromatic N) is 2. The van der Waals surface area contributed by atoms with Crippen LogP contribution in [0.1, 0.15) is 16.7 Å². The quantitative estimate of drug-likeness (QED) is 0.454. The molecule has 2 rings (SSSR count). The second kappa shape index (κ2) is 7.23.